The van der Waals surface area contributed by atoms with Gasteiger partial charge in [0.2, 0.25) is 11.8 Å². The van der Waals surface area contributed by atoms with E-state index in [-0.39, 0.29) is 11.7 Å². The Morgan fingerprint density at radius 2 is 1.63 bits per heavy atom. The van der Waals surface area contributed by atoms with Gasteiger partial charge in [-0.2, -0.15) is 0 Å². The van der Waals surface area contributed by atoms with Gasteiger partial charge in [-0.15, -0.1) is 10.2 Å². The van der Waals surface area contributed by atoms with Crippen molar-refractivity contribution < 1.29 is 13.6 Å². The summed E-state index contributed by atoms with van der Waals surface area (Å²) in [5, 5.41) is 14.2. The van der Waals surface area contributed by atoms with Gasteiger partial charge in [0.25, 0.3) is 0 Å². The first kappa shape index (κ1) is 19.6. The first-order chi connectivity index (χ1) is 14.6. The Morgan fingerprint density at radius 1 is 0.933 bits per heavy atom. The number of carbonyl (C=O) groups is 1. The molecule has 0 spiro atoms. The molecular formula is C22H16ClFN4O2. The fraction of sp³-hybridized carbons (Fsp3) is 0.0455. The van der Waals surface area contributed by atoms with Crippen LogP contribution in [0.5, 0.6) is 0 Å². The Bertz CT molecular complexity index is 1130. The van der Waals surface area contributed by atoms with Gasteiger partial charge in [0.1, 0.15) is 11.9 Å². The van der Waals surface area contributed by atoms with Crippen molar-refractivity contribution in [3.63, 3.8) is 0 Å². The van der Waals surface area contributed by atoms with Gasteiger partial charge in [0.15, 0.2) is 0 Å². The maximum absolute atomic E-state index is 13.1. The molecule has 0 saturated carbocycles. The fourth-order valence-electron chi connectivity index (χ4n) is 2.82. The molecule has 4 rings (SSSR count). The van der Waals surface area contributed by atoms with E-state index in [1.54, 1.807) is 24.3 Å². The number of carbonyl (C=O) groups excluding carboxylic acids is 1. The Hall–Kier alpha value is -3.71. The van der Waals surface area contributed by atoms with Crippen molar-refractivity contribution in [1.29, 1.82) is 0 Å². The topological polar surface area (TPSA) is 80.0 Å². The van der Waals surface area contributed by atoms with Crippen LogP contribution < -0.4 is 10.6 Å². The van der Waals surface area contributed by atoms with Gasteiger partial charge in [0, 0.05) is 16.3 Å². The standard InChI is InChI=1S/C22H16ClFN4O2/c23-16-8-6-14(7-9-16)19(26-22(29)25-18-12-10-17(24)11-13-18)21-28-27-20(30-21)15-4-2-1-3-5-15/h1-13,19H,(H2,25,26,29)/t19-/m1/s1. The van der Waals surface area contributed by atoms with E-state index in [0.29, 0.717) is 22.2 Å². The molecule has 1 aromatic heterocycles. The maximum Gasteiger partial charge on any atom is 0.320 e. The first-order valence-electron chi connectivity index (χ1n) is 9.06. The summed E-state index contributed by atoms with van der Waals surface area (Å²) < 4.78 is 18.9. The molecule has 0 aliphatic heterocycles. The molecule has 4 aromatic rings. The van der Waals surface area contributed by atoms with Crippen LogP contribution in [-0.4, -0.2) is 16.2 Å². The molecule has 0 saturated heterocycles. The normalized spacial score (nSPS) is 11.7. The average Bonchev–Trinajstić information content (AvgIpc) is 3.25. The number of urea groups is 1. The van der Waals surface area contributed by atoms with Gasteiger partial charge < -0.3 is 15.1 Å². The molecule has 0 unspecified atom stereocenters. The molecule has 6 nitrogen and oxygen atoms in total. The highest BCUT2D eigenvalue weighted by atomic mass is 35.5. The number of nitrogens with zero attached hydrogens (tertiary/aromatic N) is 2. The SMILES string of the molecule is O=C(Nc1ccc(F)cc1)N[C@H](c1ccc(Cl)cc1)c1nnc(-c2ccccc2)o1. The lowest BCUT2D eigenvalue weighted by molar-refractivity contribution is 0.248. The fourth-order valence-corrected chi connectivity index (χ4v) is 2.95. The summed E-state index contributed by atoms with van der Waals surface area (Å²) >= 11 is 5.99. The number of hydrogen-bond donors (Lipinski definition) is 2. The predicted octanol–water partition coefficient (Wildman–Crippen LogP) is 5.44. The van der Waals surface area contributed by atoms with Crippen molar-refractivity contribution in [2.75, 3.05) is 5.32 Å². The molecule has 2 N–H and O–H groups in total. The van der Waals surface area contributed by atoms with Crippen LogP contribution in [0.1, 0.15) is 17.5 Å². The van der Waals surface area contributed by atoms with Crippen molar-refractivity contribution in [2.24, 2.45) is 0 Å². The average molecular weight is 423 g/mol. The summed E-state index contributed by atoms with van der Waals surface area (Å²) in [6.07, 6.45) is 0. The van der Waals surface area contributed by atoms with Crippen molar-refractivity contribution in [3.8, 4) is 11.5 Å². The number of rotatable bonds is 5. The second-order valence-corrected chi connectivity index (χ2v) is 6.84. The van der Waals surface area contributed by atoms with Gasteiger partial charge >= 0.3 is 6.03 Å². The highest BCUT2D eigenvalue weighted by molar-refractivity contribution is 6.30. The number of hydrogen-bond acceptors (Lipinski definition) is 4. The lowest BCUT2D eigenvalue weighted by Crippen LogP contribution is -2.33. The molecule has 30 heavy (non-hydrogen) atoms. The second kappa shape index (κ2) is 8.75. The zero-order chi connectivity index (χ0) is 20.9. The number of aromatic nitrogens is 2. The zero-order valence-electron chi connectivity index (χ0n) is 15.5. The lowest BCUT2D eigenvalue weighted by atomic mass is 10.1. The summed E-state index contributed by atoms with van der Waals surface area (Å²) in [5.41, 5.74) is 1.91. The number of amides is 2. The van der Waals surface area contributed by atoms with E-state index in [2.05, 4.69) is 20.8 Å². The van der Waals surface area contributed by atoms with Crippen LogP contribution in [0.3, 0.4) is 0 Å². The quantitative estimate of drug-likeness (QED) is 0.448. The Balaban J connectivity index is 1.60. The summed E-state index contributed by atoms with van der Waals surface area (Å²) in [5.74, 6) is 0.162. The minimum atomic E-state index is -0.715. The zero-order valence-corrected chi connectivity index (χ0v) is 16.3. The highest BCUT2D eigenvalue weighted by Gasteiger charge is 2.23. The third-order valence-electron chi connectivity index (χ3n) is 4.29. The van der Waals surface area contributed by atoms with E-state index < -0.39 is 12.1 Å². The number of nitrogens with one attached hydrogen (secondary N) is 2. The molecule has 0 aliphatic carbocycles. The van der Waals surface area contributed by atoms with Gasteiger partial charge in [-0.25, -0.2) is 9.18 Å². The van der Waals surface area contributed by atoms with Gasteiger partial charge in [0.05, 0.1) is 0 Å². The minimum Gasteiger partial charge on any atom is -0.418 e. The number of benzene rings is 3. The van der Waals surface area contributed by atoms with Crippen molar-refractivity contribution in [2.45, 2.75) is 6.04 Å². The lowest BCUT2D eigenvalue weighted by Gasteiger charge is -2.16. The van der Waals surface area contributed by atoms with Crippen LogP contribution >= 0.6 is 11.6 Å². The van der Waals surface area contributed by atoms with Crippen molar-refractivity contribution >= 4 is 23.3 Å². The van der Waals surface area contributed by atoms with Crippen LogP contribution in [-0.2, 0) is 0 Å². The molecule has 0 aliphatic rings. The number of anilines is 1. The molecule has 0 fully saturated rings. The summed E-state index contributed by atoms with van der Waals surface area (Å²) in [6.45, 7) is 0. The van der Waals surface area contributed by atoms with E-state index in [4.69, 9.17) is 16.0 Å². The van der Waals surface area contributed by atoms with Gasteiger partial charge in [-0.1, -0.05) is 41.9 Å². The molecule has 150 valence electrons. The van der Waals surface area contributed by atoms with Crippen LogP contribution in [0.4, 0.5) is 14.9 Å². The molecule has 2 amide bonds. The van der Waals surface area contributed by atoms with E-state index in [1.165, 1.54) is 24.3 Å². The largest absolute Gasteiger partial charge is 0.418 e. The second-order valence-electron chi connectivity index (χ2n) is 6.40. The van der Waals surface area contributed by atoms with E-state index in [0.717, 1.165) is 5.56 Å². The molecular weight excluding hydrogens is 407 g/mol. The summed E-state index contributed by atoms with van der Waals surface area (Å²) in [4.78, 5) is 12.6. The summed E-state index contributed by atoms with van der Waals surface area (Å²) in [6, 6.07) is 20.5. The third kappa shape index (κ3) is 4.64. The number of halogens is 2. The molecule has 1 heterocycles. The van der Waals surface area contributed by atoms with E-state index in [9.17, 15) is 9.18 Å². The third-order valence-corrected chi connectivity index (χ3v) is 4.54. The van der Waals surface area contributed by atoms with Crippen LogP contribution in [0, 0.1) is 5.82 Å². The van der Waals surface area contributed by atoms with Crippen LogP contribution in [0.2, 0.25) is 5.02 Å². The molecule has 1 atom stereocenters. The molecule has 0 bridgehead atoms. The molecule has 3 aromatic carbocycles. The molecule has 8 heteroatoms. The highest BCUT2D eigenvalue weighted by Crippen LogP contribution is 2.26. The van der Waals surface area contributed by atoms with E-state index in [1.807, 2.05) is 30.3 Å². The maximum atomic E-state index is 13.1. The summed E-state index contributed by atoms with van der Waals surface area (Å²) in [7, 11) is 0. The van der Waals surface area contributed by atoms with Crippen LogP contribution in [0.25, 0.3) is 11.5 Å². The van der Waals surface area contributed by atoms with E-state index >= 15 is 0 Å². The van der Waals surface area contributed by atoms with Crippen molar-refractivity contribution in [1.82, 2.24) is 15.5 Å². The minimum absolute atomic E-state index is 0.213. The predicted molar refractivity (Wildman–Crippen MR) is 112 cm³/mol. The van der Waals surface area contributed by atoms with Gasteiger partial charge in [-0.3, -0.25) is 0 Å². The Kier molecular flexibility index (Phi) is 5.72. The van der Waals surface area contributed by atoms with Crippen molar-refractivity contribution in [3.05, 3.63) is 101 Å². The monoisotopic (exact) mass is 422 g/mol. The Labute approximate surface area is 176 Å². The smallest absolute Gasteiger partial charge is 0.320 e. The van der Waals surface area contributed by atoms with Crippen LogP contribution in [0.15, 0.2) is 83.3 Å². The van der Waals surface area contributed by atoms with Gasteiger partial charge in [-0.05, 0) is 54.1 Å². The molecule has 0 radical (unpaired) electrons. The first-order valence-corrected chi connectivity index (χ1v) is 9.43. The Morgan fingerprint density at radius 3 is 2.33 bits per heavy atom.